The maximum Gasteiger partial charge on any atom is 0.0911 e. The van der Waals surface area contributed by atoms with Crippen LogP contribution in [0.25, 0.3) is 0 Å². The van der Waals surface area contributed by atoms with E-state index < -0.39 is 0 Å². The van der Waals surface area contributed by atoms with Gasteiger partial charge in [0.15, 0.2) is 0 Å². The van der Waals surface area contributed by atoms with Gasteiger partial charge in [-0.05, 0) is 37.0 Å². The summed E-state index contributed by atoms with van der Waals surface area (Å²) >= 11 is 0. The number of nitriles is 1. The first kappa shape index (κ1) is 11.5. The second-order valence-electron chi connectivity index (χ2n) is 5.85. The molecule has 1 fully saturated rings. The maximum absolute atomic E-state index is 8.82. The van der Waals surface area contributed by atoms with Crippen LogP contribution in [0.2, 0.25) is 0 Å². The Balaban J connectivity index is 2.22. The molecule has 0 aromatic rings. The van der Waals surface area contributed by atoms with Crippen LogP contribution < -0.4 is 0 Å². The summed E-state index contributed by atoms with van der Waals surface area (Å²) in [5.74, 6) is 2.17. The van der Waals surface area contributed by atoms with E-state index in [4.69, 9.17) is 5.26 Å². The van der Waals surface area contributed by atoms with Crippen molar-refractivity contribution in [2.45, 2.75) is 40.5 Å². The molecule has 0 radical (unpaired) electrons. The molecule has 1 saturated carbocycles. The van der Waals surface area contributed by atoms with E-state index in [0.717, 1.165) is 18.3 Å². The predicted octanol–water partition coefficient (Wildman–Crippen LogP) is 4.08. The molecule has 86 valence electrons. The molecule has 1 heteroatoms. The van der Waals surface area contributed by atoms with E-state index in [2.05, 4.69) is 39.8 Å². The molecule has 3 unspecified atom stereocenters. The molecule has 0 aliphatic heterocycles. The van der Waals surface area contributed by atoms with Gasteiger partial charge in [-0.25, -0.2) is 0 Å². The van der Waals surface area contributed by atoms with Crippen LogP contribution in [0, 0.1) is 34.5 Å². The lowest BCUT2D eigenvalue weighted by atomic mass is 9.81. The number of hydrogen-bond donors (Lipinski definition) is 0. The Labute approximate surface area is 98.9 Å². The van der Waals surface area contributed by atoms with Crippen molar-refractivity contribution in [2.75, 3.05) is 0 Å². The van der Waals surface area contributed by atoms with Gasteiger partial charge in [0.05, 0.1) is 6.07 Å². The smallest absolute Gasteiger partial charge is 0.0911 e. The van der Waals surface area contributed by atoms with Gasteiger partial charge in [-0.15, -0.1) is 0 Å². The number of allylic oxidation sites excluding steroid dienone is 4. The van der Waals surface area contributed by atoms with Crippen LogP contribution in [0.4, 0.5) is 0 Å². The van der Waals surface area contributed by atoms with E-state index in [1.165, 1.54) is 17.6 Å². The van der Waals surface area contributed by atoms with Crippen molar-refractivity contribution in [3.63, 3.8) is 0 Å². The molecule has 0 spiro atoms. The van der Waals surface area contributed by atoms with Crippen LogP contribution in [0.1, 0.15) is 40.5 Å². The average molecular weight is 215 g/mol. The molecule has 0 aromatic carbocycles. The molecule has 16 heavy (non-hydrogen) atoms. The molecule has 2 rings (SSSR count). The largest absolute Gasteiger partial charge is 0.193 e. The molecule has 0 N–H and O–H groups in total. The van der Waals surface area contributed by atoms with Gasteiger partial charge in [0.1, 0.15) is 0 Å². The second-order valence-corrected chi connectivity index (χ2v) is 5.85. The third kappa shape index (κ3) is 1.61. The lowest BCUT2D eigenvalue weighted by Crippen LogP contribution is -2.11. The minimum absolute atomic E-state index is 0.501. The first-order valence-electron chi connectivity index (χ1n) is 6.29. The Hall–Kier alpha value is -1.03. The van der Waals surface area contributed by atoms with Crippen LogP contribution in [-0.2, 0) is 0 Å². The molecule has 0 bridgehead atoms. The summed E-state index contributed by atoms with van der Waals surface area (Å²) in [5, 5.41) is 8.82. The van der Waals surface area contributed by atoms with Gasteiger partial charge < -0.3 is 0 Å². The molecule has 0 amide bonds. The summed E-state index contributed by atoms with van der Waals surface area (Å²) in [6.45, 7) is 9.12. The number of hydrogen-bond acceptors (Lipinski definition) is 1. The first-order chi connectivity index (χ1) is 7.52. The summed E-state index contributed by atoms with van der Waals surface area (Å²) in [6, 6.07) is 2.20. The fraction of sp³-hybridized carbons (Fsp3) is 0.667. The quantitative estimate of drug-likeness (QED) is 0.503. The van der Waals surface area contributed by atoms with Gasteiger partial charge in [-0.3, -0.25) is 0 Å². The zero-order chi connectivity index (χ0) is 11.9. The summed E-state index contributed by atoms with van der Waals surface area (Å²) < 4.78 is 0. The van der Waals surface area contributed by atoms with Crippen LogP contribution >= 0.6 is 0 Å². The molecule has 2 aliphatic rings. The maximum atomic E-state index is 8.82. The topological polar surface area (TPSA) is 23.8 Å². The van der Waals surface area contributed by atoms with Crippen molar-refractivity contribution in [1.29, 1.82) is 5.26 Å². The Bertz CT molecular complexity index is 392. The molecular formula is C15H21N. The Morgan fingerprint density at radius 2 is 2.31 bits per heavy atom. The first-order valence-corrected chi connectivity index (χ1v) is 6.29. The van der Waals surface area contributed by atoms with Gasteiger partial charge >= 0.3 is 0 Å². The van der Waals surface area contributed by atoms with Crippen LogP contribution in [0.15, 0.2) is 23.3 Å². The standard InChI is InChI=1S/C15H21N/c1-5-11(6-7-16)12-9-14-13(8-10(12)2)15(14,3)4/h6,8,12-14H,5,9H2,1-4H3. The molecule has 0 saturated heterocycles. The number of rotatable bonds is 2. The highest BCUT2D eigenvalue weighted by atomic mass is 14.6. The van der Waals surface area contributed by atoms with Gasteiger partial charge in [0.2, 0.25) is 0 Å². The highest BCUT2D eigenvalue weighted by Crippen LogP contribution is 2.65. The van der Waals surface area contributed by atoms with Gasteiger partial charge in [-0.1, -0.05) is 38.0 Å². The third-order valence-electron chi connectivity index (χ3n) is 4.73. The van der Waals surface area contributed by atoms with Crippen LogP contribution in [0.5, 0.6) is 0 Å². The molecule has 1 nitrogen and oxygen atoms in total. The average Bonchev–Trinajstić information content (AvgIpc) is 2.76. The lowest BCUT2D eigenvalue weighted by molar-refractivity contribution is 0.481. The number of fused-ring (bicyclic) bond motifs is 1. The molecular weight excluding hydrogens is 194 g/mol. The molecule has 2 aliphatic carbocycles. The summed E-state index contributed by atoms with van der Waals surface area (Å²) in [5.41, 5.74) is 3.30. The Morgan fingerprint density at radius 3 is 2.88 bits per heavy atom. The van der Waals surface area contributed by atoms with E-state index in [1.54, 1.807) is 6.08 Å². The highest BCUT2D eigenvalue weighted by molar-refractivity contribution is 5.32. The highest BCUT2D eigenvalue weighted by Gasteiger charge is 2.58. The minimum Gasteiger partial charge on any atom is -0.193 e. The molecule has 3 atom stereocenters. The fourth-order valence-corrected chi connectivity index (χ4v) is 3.38. The Kier molecular flexibility index (Phi) is 2.70. The van der Waals surface area contributed by atoms with E-state index in [9.17, 15) is 0 Å². The van der Waals surface area contributed by atoms with Crippen molar-refractivity contribution < 1.29 is 0 Å². The summed E-state index contributed by atoms with van der Waals surface area (Å²) in [6.07, 6.45) is 6.47. The van der Waals surface area contributed by atoms with Crippen molar-refractivity contribution in [1.82, 2.24) is 0 Å². The molecule has 0 heterocycles. The third-order valence-corrected chi connectivity index (χ3v) is 4.73. The van der Waals surface area contributed by atoms with Gasteiger partial charge in [-0.2, -0.15) is 5.26 Å². The van der Waals surface area contributed by atoms with Crippen molar-refractivity contribution in [2.24, 2.45) is 23.2 Å². The van der Waals surface area contributed by atoms with Crippen LogP contribution in [-0.4, -0.2) is 0 Å². The fourth-order valence-electron chi connectivity index (χ4n) is 3.38. The summed E-state index contributed by atoms with van der Waals surface area (Å²) in [4.78, 5) is 0. The SMILES string of the molecule is CCC(=CC#N)C1CC2C(C=C1C)C2(C)C. The molecule has 0 aromatic heterocycles. The summed E-state index contributed by atoms with van der Waals surface area (Å²) in [7, 11) is 0. The van der Waals surface area contributed by atoms with Crippen molar-refractivity contribution in [3.8, 4) is 6.07 Å². The Morgan fingerprint density at radius 1 is 1.62 bits per heavy atom. The second kappa shape index (κ2) is 3.77. The lowest BCUT2D eigenvalue weighted by Gasteiger charge is -2.23. The van der Waals surface area contributed by atoms with E-state index in [-0.39, 0.29) is 0 Å². The van der Waals surface area contributed by atoms with Crippen molar-refractivity contribution in [3.05, 3.63) is 23.3 Å². The van der Waals surface area contributed by atoms with Gasteiger partial charge in [0, 0.05) is 12.0 Å². The normalized spacial score (nSPS) is 36.1. The van der Waals surface area contributed by atoms with E-state index >= 15 is 0 Å². The number of nitrogens with zero attached hydrogens (tertiary/aromatic N) is 1. The monoisotopic (exact) mass is 215 g/mol. The van der Waals surface area contributed by atoms with E-state index in [1.807, 2.05) is 0 Å². The van der Waals surface area contributed by atoms with Crippen molar-refractivity contribution >= 4 is 0 Å². The van der Waals surface area contributed by atoms with Crippen LogP contribution in [0.3, 0.4) is 0 Å². The van der Waals surface area contributed by atoms with Gasteiger partial charge in [0.25, 0.3) is 0 Å². The minimum atomic E-state index is 0.501. The predicted molar refractivity (Wildman–Crippen MR) is 66.6 cm³/mol. The zero-order valence-electron chi connectivity index (χ0n) is 10.7. The van der Waals surface area contributed by atoms with E-state index in [0.29, 0.717) is 11.3 Å². The zero-order valence-corrected chi connectivity index (χ0v) is 10.7.